The van der Waals surface area contributed by atoms with E-state index in [9.17, 15) is 4.39 Å². The van der Waals surface area contributed by atoms with E-state index in [4.69, 9.17) is 21.1 Å². The highest BCUT2D eigenvalue weighted by Gasteiger charge is 2.18. The van der Waals surface area contributed by atoms with Crippen molar-refractivity contribution in [1.29, 1.82) is 0 Å². The van der Waals surface area contributed by atoms with Crippen LogP contribution < -0.4 is 5.32 Å². The van der Waals surface area contributed by atoms with E-state index in [1.165, 1.54) is 12.1 Å². The molecule has 2 aliphatic rings. The summed E-state index contributed by atoms with van der Waals surface area (Å²) in [6, 6.07) is 14.8. The van der Waals surface area contributed by atoms with Gasteiger partial charge in [-0.3, -0.25) is 4.90 Å². The molecule has 1 atom stereocenters. The Morgan fingerprint density at radius 2 is 1.95 bits per heavy atom. The standard InChI is InChI=1S/C32H33ClFN5O2/c33-29-19-27(6-8-31(29)41-21-23-3-1-4-26(34)17-23)37-32-28-18-24(5-7-30(28)35-22-36-32)25-9-12-39(20-25)11-2-10-38-13-15-40-16-14-38/h1,3-9,12,17-18,20,22,27H,2,10-11,13-16,19,21H2,(H,35,36,37). The van der Waals surface area contributed by atoms with Crippen molar-refractivity contribution in [2.24, 2.45) is 0 Å². The first kappa shape index (κ1) is 27.4. The van der Waals surface area contributed by atoms with Crippen LogP contribution >= 0.6 is 11.6 Å². The second-order valence-electron chi connectivity index (χ2n) is 10.4. The third-order valence-electron chi connectivity index (χ3n) is 7.47. The van der Waals surface area contributed by atoms with E-state index in [2.05, 4.69) is 55.3 Å². The van der Waals surface area contributed by atoms with Gasteiger partial charge >= 0.3 is 0 Å². The van der Waals surface area contributed by atoms with Gasteiger partial charge in [-0.15, -0.1) is 0 Å². The molecule has 0 bridgehead atoms. The molecule has 41 heavy (non-hydrogen) atoms. The van der Waals surface area contributed by atoms with Gasteiger partial charge in [0.15, 0.2) is 0 Å². The maximum Gasteiger partial charge on any atom is 0.137 e. The van der Waals surface area contributed by atoms with Gasteiger partial charge in [0, 0.05) is 50.4 Å². The zero-order chi connectivity index (χ0) is 28.0. The summed E-state index contributed by atoms with van der Waals surface area (Å²) in [5.41, 5.74) is 3.91. The molecule has 9 heteroatoms. The molecule has 0 saturated carbocycles. The summed E-state index contributed by atoms with van der Waals surface area (Å²) in [6.45, 7) is 6.05. The van der Waals surface area contributed by atoms with E-state index >= 15 is 0 Å². The number of hydrogen-bond acceptors (Lipinski definition) is 6. The molecule has 1 N–H and O–H groups in total. The van der Waals surface area contributed by atoms with Crippen molar-refractivity contribution in [1.82, 2.24) is 19.4 Å². The van der Waals surface area contributed by atoms with E-state index in [0.717, 1.165) is 79.2 Å². The fourth-order valence-electron chi connectivity index (χ4n) is 5.25. The number of benzene rings is 2. The molecule has 0 amide bonds. The molecule has 4 aromatic rings. The summed E-state index contributed by atoms with van der Waals surface area (Å²) in [7, 11) is 0. The second-order valence-corrected chi connectivity index (χ2v) is 10.9. The van der Waals surface area contributed by atoms with Gasteiger partial charge in [0.1, 0.15) is 30.3 Å². The lowest BCUT2D eigenvalue weighted by Gasteiger charge is -2.26. The Morgan fingerprint density at radius 1 is 1.05 bits per heavy atom. The molecular weight excluding hydrogens is 541 g/mol. The van der Waals surface area contributed by atoms with Crippen LogP contribution in [0.2, 0.25) is 0 Å². The summed E-state index contributed by atoms with van der Waals surface area (Å²) >= 11 is 6.59. The van der Waals surface area contributed by atoms with Crippen LogP contribution in [0.15, 0.2) is 90.2 Å². The van der Waals surface area contributed by atoms with Gasteiger partial charge in [-0.1, -0.05) is 35.9 Å². The number of allylic oxidation sites excluding steroid dienone is 1. The molecule has 1 saturated heterocycles. The predicted octanol–water partition coefficient (Wildman–Crippen LogP) is 6.37. The van der Waals surface area contributed by atoms with Crippen molar-refractivity contribution in [3.05, 3.63) is 102 Å². The molecular formula is C32H33ClFN5O2. The minimum Gasteiger partial charge on any atom is -0.488 e. The van der Waals surface area contributed by atoms with Gasteiger partial charge in [0.25, 0.3) is 0 Å². The zero-order valence-electron chi connectivity index (χ0n) is 22.8. The van der Waals surface area contributed by atoms with Gasteiger partial charge in [-0.2, -0.15) is 0 Å². The Kier molecular flexibility index (Phi) is 8.60. The molecule has 3 heterocycles. The molecule has 1 aliphatic carbocycles. The summed E-state index contributed by atoms with van der Waals surface area (Å²) in [6.07, 6.45) is 11.5. The Bertz CT molecular complexity index is 1560. The minimum atomic E-state index is -0.285. The SMILES string of the molecule is Fc1cccc(COC2=C(Cl)CC(Nc3ncnc4ccc(-c5ccn(CCCN6CCOCC6)c5)cc34)C=C2)c1. The molecule has 212 valence electrons. The van der Waals surface area contributed by atoms with Crippen LogP contribution in [0.4, 0.5) is 10.2 Å². The monoisotopic (exact) mass is 573 g/mol. The highest BCUT2D eigenvalue weighted by Crippen LogP contribution is 2.30. The zero-order valence-corrected chi connectivity index (χ0v) is 23.6. The Balaban J connectivity index is 1.10. The van der Waals surface area contributed by atoms with Crippen LogP contribution in [0.3, 0.4) is 0 Å². The molecule has 2 aromatic heterocycles. The summed E-state index contributed by atoms with van der Waals surface area (Å²) in [5, 5.41) is 5.08. The smallest absolute Gasteiger partial charge is 0.137 e. The van der Waals surface area contributed by atoms with Gasteiger partial charge in [-0.05, 0) is 59.5 Å². The average Bonchev–Trinajstić information content (AvgIpc) is 3.46. The number of hydrogen-bond donors (Lipinski definition) is 1. The lowest BCUT2D eigenvalue weighted by molar-refractivity contribution is 0.0369. The summed E-state index contributed by atoms with van der Waals surface area (Å²) in [5.74, 6) is 1.07. The van der Waals surface area contributed by atoms with Crippen LogP contribution in [0.1, 0.15) is 18.4 Å². The lowest BCUT2D eigenvalue weighted by Crippen LogP contribution is -2.37. The van der Waals surface area contributed by atoms with Crippen molar-refractivity contribution < 1.29 is 13.9 Å². The number of fused-ring (bicyclic) bond motifs is 1. The molecule has 0 spiro atoms. The van der Waals surface area contributed by atoms with E-state index < -0.39 is 0 Å². The quantitative estimate of drug-likeness (QED) is 0.238. The van der Waals surface area contributed by atoms with Crippen molar-refractivity contribution in [3.63, 3.8) is 0 Å². The molecule has 0 radical (unpaired) electrons. The fourth-order valence-corrected chi connectivity index (χ4v) is 5.53. The number of aryl methyl sites for hydroxylation is 1. The maximum absolute atomic E-state index is 13.5. The Morgan fingerprint density at radius 3 is 2.80 bits per heavy atom. The van der Waals surface area contributed by atoms with Gasteiger partial charge in [0.05, 0.1) is 29.8 Å². The largest absolute Gasteiger partial charge is 0.488 e. The van der Waals surface area contributed by atoms with Crippen LogP contribution in [-0.2, 0) is 22.6 Å². The first-order valence-electron chi connectivity index (χ1n) is 14.0. The normalized spacial score (nSPS) is 17.8. The summed E-state index contributed by atoms with van der Waals surface area (Å²) in [4.78, 5) is 11.5. The van der Waals surface area contributed by atoms with Crippen molar-refractivity contribution in [2.45, 2.75) is 32.0 Å². The van der Waals surface area contributed by atoms with Crippen LogP contribution in [0.5, 0.6) is 0 Å². The number of halogens is 2. The third-order valence-corrected chi connectivity index (χ3v) is 7.81. The summed E-state index contributed by atoms with van der Waals surface area (Å²) < 4.78 is 27.0. The third kappa shape index (κ3) is 6.96. The lowest BCUT2D eigenvalue weighted by atomic mass is 10.0. The second kappa shape index (κ2) is 12.9. The minimum absolute atomic E-state index is 0.0571. The highest BCUT2D eigenvalue weighted by molar-refractivity contribution is 6.30. The van der Waals surface area contributed by atoms with Crippen molar-refractivity contribution in [2.75, 3.05) is 38.2 Å². The van der Waals surface area contributed by atoms with E-state index in [0.29, 0.717) is 17.2 Å². The molecule has 2 aromatic carbocycles. The highest BCUT2D eigenvalue weighted by atomic mass is 35.5. The Hall–Kier alpha value is -3.72. The fraction of sp³-hybridized carbons (Fsp3) is 0.312. The number of rotatable bonds is 10. The van der Waals surface area contributed by atoms with Gasteiger partial charge < -0.3 is 19.4 Å². The Labute approximate surface area is 244 Å². The number of ether oxygens (including phenoxy) is 2. The molecule has 6 rings (SSSR count). The van der Waals surface area contributed by atoms with Gasteiger partial charge in [-0.25, -0.2) is 14.4 Å². The molecule has 7 nitrogen and oxygen atoms in total. The van der Waals surface area contributed by atoms with E-state index in [-0.39, 0.29) is 18.5 Å². The maximum atomic E-state index is 13.5. The number of nitrogens with zero attached hydrogens (tertiary/aromatic N) is 4. The molecule has 1 aliphatic heterocycles. The van der Waals surface area contributed by atoms with Crippen LogP contribution in [-0.4, -0.2) is 58.3 Å². The molecule has 1 unspecified atom stereocenters. The average molecular weight is 574 g/mol. The molecule has 1 fully saturated rings. The van der Waals surface area contributed by atoms with Crippen LogP contribution in [0, 0.1) is 5.82 Å². The van der Waals surface area contributed by atoms with Crippen molar-refractivity contribution >= 4 is 28.3 Å². The topological polar surface area (TPSA) is 64.4 Å². The number of morpholine rings is 1. The van der Waals surface area contributed by atoms with E-state index in [1.807, 2.05) is 24.3 Å². The number of nitrogens with one attached hydrogen (secondary N) is 1. The first-order chi connectivity index (χ1) is 20.1. The number of aromatic nitrogens is 3. The van der Waals surface area contributed by atoms with Gasteiger partial charge in [0.2, 0.25) is 0 Å². The first-order valence-corrected chi connectivity index (χ1v) is 14.4. The van der Waals surface area contributed by atoms with Crippen LogP contribution in [0.25, 0.3) is 22.0 Å². The van der Waals surface area contributed by atoms with E-state index in [1.54, 1.807) is 12.4 Å². The van der Waals surface area contributed by atoms with Crippen molar-refractivity contribution in [3.8, 4) is 11.1 Å². The number of anilines is 1. The predicted molar refractivity (Wildman–Crippen MR) is 160 cm³/mol.